The van der Waals surface area contributed by atoms with Crippen LogP contribution in [0.1, 0.15) is 5.56 Å². The molecule has 1 N–H and O–H groups in total. The zero-order valence-electron chi connectivity index (χ0n) is 10.1. The highest BCUT2D eigenvalue weighted by Gasteiger charge is 2.09. The summed E-state index contributed by atoms with van der Waals surface area (Å²) in [6.45, 7) is 4.38. The topological polar surface area (TPSA) is 64.0 Å². The molecule has 5 nitrogen and oxygen atoms in total. The number of hydrogen-bond donors (Lipinski definition) is 1. The molecule has 0 unspecified atom stereocenters. The zero-order valence-corrected chi connectivity index (χ0v) is 10.1. The SMILES string of the molecule is [N-]=[N+]=NCC#Cc1ccc(N2CCNCC2)cc1. The molecule has 1 heterocycles. The molecule has 0 spiro atoms. The maximum atomic E-state index is 8.12. The predicted octanol–water partition coefficient (Wildman–Crippen LogP) is 1.76. The number of rotatable bonds is 2. The highest BCUT2D eigenvalue weighted by molar-refractivity contribution is 5.50. The molecule has 5 heteroatoms. The molecular formula is C13H15N5. The van der Waals surface area contributed by atoms with Gasteiger partial charge < -0.3 is 10.2 Å². The highest BCUT2D eigenvalue weighted by Crippen LogP contribution is 2.15. The van der Waals surface area contributed by atoms with Crippen LogP contribution in [0.15, 0.2) is 29.4 Å². The second-order valence-corrected chi connectivity index (χ2v) is 3.97. The number of benzene rings is 1. The third kappa shape index (κ3) is 3.42. The van der Waals surface area contributed by atoms with Crippen LogP contribution in [0.25, 0.3) is 10.4 Å². The number of nitrogens with one attached hydrogen (secondary N) is 1. The Hall–Kier alpha value is -2.15. The van der Waals surface area contributed by atoms with Crippen LogP contribution >= 0.6 is 0 Å². The van der Waals surface area contributed by atoms with Crippen molar-refractivity contribution in [2.75, 3.05) is 37.6 Å². The molecule has 0 saturated carbocycles. The van der Waals surface area contributed by atoms with Gasteiger partial charge in [0.2, 0.25) is 0 Å². The van der Waals surface area contributed by atoms with E-state index in [1.165, 1.54) is 5.69 Å². The summed E-state index contributed by atoms with van der Waals surface area (Å²) >= 11 is 0. The first kappa shape index (κ1) is 12.3. The highest BCUT2D eigenvalue weighted by atomic mass is 15.2. The molecule has 1 fully saturated rings. The summed E-state index contributed by atoms with van der Waals surface area (Å²) < 4.78 is 0. The van der Waals surface area contributed by atoms with Crippen LogP contribution in [-0.2, 0) is 0 Å². The second kappa shape index (κ2) is 6.55. The third-order valence-electron chi connectivity index (χ3n) is 2.80. The van der Waals surface area contributed by atoms with Gasteiger partial charge in [0.15, 0.2) is 0 Å². The number of azide groups is 1. The molecule has 92 valence electrons. The quantitative estimate of drug-likeness (QED) is 0.371. The van der Waals surface area contributed by atoms with Crippen molar-refractivity contribution < 1.29 is 0 Å². The van der Waals surface area contributed by atoms with Gasteiger partial charge in [-0.2, -0.15) is 0 Å². The summed E-state index contributed by atoms with van der Waals surface area (Å²) in [4.78, 5) is 5.01. The Bertz CT molecular complexity index is 484. The number of piperazine rings is 1. The molecule has 1 aliphatic heterocycles. The van der Waals surface area contributed by atoms with E-state index in [4.69, 9.17) is 5.53 Å². The van der Waals surface area contributed by atoms with E-state index in [0.29, 0.717) is 0 Å². The molecule has 0 bridgehead atoms. The first-order valence-corrected chi connectivity index (χ1v) is 5.95. The Kier molecular flexibility index (Phi) is 4.48. The molecular weight excluding hydrogens is 226 g/mol. The molecule has 1 aromatic carbocycles. The van der Waals surface area contributed by atoms with Gasteiger partial charge in [0.25, 0.3) is 0 Å². The minimum absolute atomic E-state index is 0.218. The van der Waals surface area contributed by atoms with Gasteiger partial charge in [-0.05, 0) is 29.8 Å². The Morgan fingerprint density at radius 3 is 2.67 bits per heavy atom. The summed E-state index contributed by atoms with van der Waals surface area (Å²) in [7, 11) is 0. The number of anilines is 1. The Labute approximate surface area is 106 Å². The maximum absolute atomic E-state index is 8.12. The average molecular weight is 241 g/mol. The van der Waals surface area contributed by atoms with Gasteiger partial charge in [-0.3, -0.25) is 0 Å². The fraction of sp³-hybridized carbons (Fsp3) is 0.385. The first-order chi connectivity index (χ1) is 8.90. The van der Waals surface area contributed by atoms with Crippen molar-refractivity contribution >= 4 is 5.69 Å². The van der Waals surface area contributed by atoms with Crippen LogP contribution < -0.4 is 10.2 Å². The third-order valence-corrected chi connectivity index (χ3v) is 2.80. The summed E-state index contributed by atoms with van der Waals surface area (Å²) in [6.07, 6.45) is 0. The lowest BCUT2D eigenvalue weighted by Crippen LogP contribution is -2.43. The minimum atomic E-state index is 0.218. The molecule has 1 aromatic rings. The lowest BCUT2D eigenvalue weighted by molar-refractivity contribution is 0.589. The molecule has 18 heavy (non-hydrogen) atoms. The maximum Gasteiger partial charge on any atom is 0.0880 e. The molecule has 0 aromatic heterocycles. The zero-order chi connectivity index (χ0) is 12.6. The monoisotopic (exact) mass is 241 g/mol. The molecule has 0 radical (unpaired) electrons. The van der Waals surface area contributed by atoms with Crippen molar-refractivity contribution in [1.29, 1.82) is 0 Å². The Morgan fingerprint density at radius 1 is 1.28 bits per heavy atom. The van der Waals surface area contributed by atoms with Crippen molar-refractivity contribution in [3.05, 3.63) is 40.3 Å². The Morgan fingerprint density at radius 2 is 2.00 bits per heavy atom. The van der Waals surface area contributed by atoms with Crippen molar-refractivity contribution in [3.63, 3.8) is 0 Å². The van der Waals surface area contributed by atoms with Crippen LogP contribution in [0, 0.1) is 11.8 Å². The number of hydrogen-bond acceptors (Lipinski definition) is 3. The van der Waals surface area contributed by atoms with Gasteiger partial charge in [-0.15, -0.1) is 0 Å². The van der Waals surface area contributed by atoms with Gasteiger partial charge in [-0.1, -0.05) is 17.0 Å². The molecule has 2 rings (SSSR count). The average Bonchev–Trinajstić information content (AvgIpc) is 2.45. The van der Waals surface area contributed by atoms with Crippen LogP contribution in [0.2, 0.25) is 0 Å². The van der Waals surface area contributed by atoms with Crippen molar-refractivity contribution in [2.24, 2.45) is 5.11 Å². The summed E-state index contributed by atoms with van der Waals surface area (Å²) in [6, 6.07) is 8.17. The smallest absolute Gasteiger partial charge is 0.0880 e. The van der Waals surface area contributed by atoms with Gasteiger partial charge in [0.05, 0.1) is 6.54 Å². The van der Waals surface area contributed by atoms with E-state index in [-0.39, 0.29) is 6.54 Å². The fourth-order valence-corrected chi connectivity index (χ4v) is 1.89. The van der Waals surface area contributed by atoms with Crippen molar-refractivity contribution in [2.45, 2.75) is 0 Å². The van der Waals surface area contributed by atoms with Crippen LogP contribution in [0.4, 0.5) is 5.69 Å². The van der Waals surface area contributed by atoms with Crippen LogP contribution in [0.3, 0.4) is 0 Å². The van der Waals surface area contributed by atoms with E-state index >= 15 is 0 Å². The van der Waals surface area contributed by atoms with E-state index in [2.05, 4.69) is 44.2 Å². The lowest BCUT2D eigenvalue weighted by Gasteiger charge is -2.29. The summed E-state index contributed by atoms with van der Waals surface area (Å²) in [5.74, 6) is 5.77. The van der Waals surface area contributed by atoms with Crippen LogP contribution in [-0.4, -0.2) is 32.7 Å². The first-order valence-electron chi connectivity index (χ1n) is 5.95. The van der Waals surface area contributed by atoms with Gasteiger partial charge in [-0.25, -0.2) is 0 Å². The van der Waals surface area contributed by atoms with E-state index < -0.39 is 0 Å². The molecule has 1 saturated heterocycles. The van der Waals surface area contributed by atoms with Crippen LogP contribution in [0.5, 0.6) is 0 Å². The molecule has 0 aliphatic carbocycles. The second-order valence-electron chi connectivity index (χ2n) is 3.97. The summed E-state index contributed by atoms with van der Waals surface area (Å²) in [5.41, 5.74) is 10.3. The van der Waals surface area contributed by atoms with E-state index in [9.17, 15) is 0 Å². The standard InChI is InChI=1S/C13H15N5/c14-17-16-7-1-2-12-3-5-13(6-4-12)18-10-8-15-9-11-18/h3-6,15H,7-11H2. The predicted molar refractivity (Wildman–Crippen MR) is 72.4 cm³/mol. The van der Waals surface area contributed by atoms with E-state index in [1.807, 2.05) is 12.1 Å². The molecule has 0 atom stereocenters. The normalized spacial score (nSPS) is 14.3. The van der Waals surface area contributed by atoms with Gasteiger partial charge in [0.1, 0.15) is 0 Å². The van der Waals surface area contributed by atoms with Gasteiger partial charge in [0, 0.05) is 42.3 Å². The lowest BCUT2D eigenvalue weighted by atomic mass is 10.2. The Balaban J connectivity index is 1.99. The van der Waals surface area contributed by atoms with Crippen molar-refractivity contribution in [1.82, 2.24) is 5.32 Å². The fourth-order valence-electron chi connectivity index (χ4n) is 1.89. The minimum Gasteiger partial charge on any atom is -0.369 e. The van der Waals surface area contributed by atoms with E-state index in [1.54, 1.807) is 0 Å². The largest absolute Gasteiger partial charge is 0.369 e. The van der Waals surface area contributed by atoms with Crippen molar-refractivity contribution in [3.8, 4) is 11.8 Å². The molecule has 0 amide bonds. The molecule has 1 aliphatic rings. The van der Waals surface area contributed by atoms with Gasteiger partial charge >= 0.3 is 0 Å². The van der Waals surface area contributed by atoms with E-state index in [0.717, 1.165) is 31.7 Å². The number of nitrogens with zero attached hydrogens (tertiary/aromatic N) is 4. The summed E-state index contributed by atoms with van der Waals surface area (Å²) in [5, 5.41) is 6.70.